The maximum Gasteiger partial charge on any atom is 0.322 e. The molecule has 31 heavy (non-hydrogen) atoms. The van der Waals surface area contributed by atoms with Gasteiger partial charge in [-0.2, -0.15) is 13.9 Å². The molecule has 0 unspecified atom stereocenters. The Morgan fingerprint density at radius 2 is 2.19 bits per heavy atom. The molecule has 0 bridgehead atoms. The molecule has 168 valence electrons. The summed E-state index contributed by atoms with van der Waals surface area (Å²) in [6.45, 7) is 0.227. The quantitative estimate of drug-likeness (QED) is 0.481. The predicted molar refractivity (Wildman–Crippen MR) is 106 cm³/mol. The summed E-state index contributed by atoms with van der Waals surface area (Å²) in [6.07, 6.45) is 0.286. The largest absolute Gasteiger partial charge is 0.387 e. The van der Waals surface area contributed by atoms with Crippen LogP contribution in [0.4, 0.5) is 28.0 Å². The van der Waals surface area contributed by atoms with Crippen molar-refractivity contribution < 1.29 is 27.5 Å². The van der Waals surface area contributed by atoms with Gasteiger partial charge in [0.15, 0.2) is 5.82 Å². The molecule has 2 N–H and O–H groups in total. The molecular formula is C19H20BrF4N5O2. The number of halogens is 5. The number of fused-ring (bicyclic) bond motifs is 3. The van der Waals surface area contributed by atoms with Gasteiger partial charge < -0.3 is 15.3 Å². The maximum absolute atomic E-state index is 15.1. The average Bonchev–Trinajstić information content (AvgIpc) is 3.02. The van der Waals surface area contributed by atoms with Crippen LogP contribution >= 0.6 is 15.9 Å². The number of hydrogen-bond acceptors (Lipinski definition) is 4. The van der Waals surface area contributed by atoms with Crippen LogP contribution in [0.2, 0.25) is 0 Å². The Morgan fingerprint density at radius 3 is 2.90 bits per heavy atom. The second kappa shape index (κ2) is 7.73. The van der Waals surface area contributed by atoms with Gasteiger partial charge in [-0.15, -0.1) is 0 Å². The second-order valence-electron chi connectivity index (χ2n) is 8.06. The fourth-order valence-corrected chi connectivity index (χ4v) is 4.49. The lowest BCUT2D eigenvalue weighted by molar-refractivity contribution is -0.102. The number of aryl methyl sites for hydroxylation is 1. The molecule has 2 aromatic rings. The first kappa shape index (κ1) is 22.0. The van der Waals surface area contributed by atoms with Crippen LogP contribution in [0.3, 0.4) is 0 Å². The fourth-order valence-electron chi connectivity index (χ4n) is 4.15. The lowest BCUT2D eigenvalue weighted by Gasteiger charge is -2.34. The molecule has 2 atom stereocenters. The summed E-state index contributed by atoms with van der Waals surface area (Å²) in [5, 5.41) is 16.9. The average molecular weight is 506 g/mol. The number of alkyl halides is 3. The molecular weight excluding hydrogens is 486 g/mol. The number of amides is 2. The van der Waals surface area contributed by atoms with Crippen molar-refractivity contribution >= 4 is 27.6 Å². The Kier molecular flexibility index (Phi) is 5.49. The van der Waals surface area contributed by atoms with Crippen molar-refractivity contribution in [1.29, 1.82) is 0 Å². The predicted octanol–water partition coefficient (Wildman–Crippen LogP) is 3.74. The number of aliphatic hydroxyl groups is 1. The normalized spacial score (nSPS) is 24.9. The third-order valence-electron chi connectivity index (χ3n) is 5.77. The zero-order valence-electron chi connectivity index (χ0n) is 16.5. The van der Waals surface area contributed by atoms with Crippen molar-refractivity contribution in [3.63, 3.8) is 0 Å². The Balaban J connectivity index is 1.64. The first-order valence-corrected chi connectivity index (χ1v) is 10.5. The molecule has 0 spiro atoms. The third kappa shape index (κ3) is 3.91. The summed E-state index contributed by atoms with van der Waals surface area (Å²) in [5.41, 5.74) is -2.03. The summed E-state index contributed by atoms with van der Waals surface area (Å²) in [5.74, 6) is -4.28. The van der Waals surface area contributed by atoms with E-state index >= 15 is 8.78 Å². The van der Waals surface area contributed by atoms with Crippen molar-refractivity contribution in [2.75, 3.05) is 12.0 Å². The van der Waals surface area contributed by atoms with Gasteiger partial charge in [-0.1, -0.05) is 0 Å². The molecule has 2 amide bonds. The number of rotatable bonds is 2. The lowest BCUT2D eigenvalue weighted by atomic mass is 9.91. The number of urea groups is 1. The number of anilines is 1. The molecule has 2 aromatic heterocycles. The van der Waals surface area contributed by atoms with Crippen LogP contribution in [0.5, 0.6) is 0 Å². The third-order valence-corrected chi connectivity index (χ3v) is 6.32. The second-order valence-corrected chi connectivity index (χ2v) is 8.81. The lowest BCUT2D eigenvalue weighted by Crippen LogP contribution is -2.45. The van der Waals surface area contributed by atoms with E-state index < -0.39 is 42.2 Å². The smallest absolute Gasteiger partial charge is 0.322 e. The standard InChI is InChI=1S/C19H20BrF4N5O2/c1-10-6-13-11(7-28(10)17(30)26-12-2-4-25-16(20)14(12)22)15-19(23,24)8-18(31,9-21)3-5-29(15)27-13/h2,4,10,31H,3,5-9H2,1H3,(H,25,26,30)/t10-,18-/m1/s1. The van der Waals surface area contributed by atoms with Crippen LogP contribution in [0.25, 0.3) is 0 Å². The molecule has 0 fully saturated rings. The number of carbonyl (C=O) groups excluding carboxylic acids is 1. The van der Waals surface area contributed by atoms with Crippen LogP contribution in [0.15, 0.2) is 16.9 Å². The highest BCUT2D eigenvalue weighted by molar-refractivity contribution is 9.10. The van der Waals surface area contributed by atoms with Crippen LogP contribution in [0, 0.1) is 5.82 Å². The molecule has 0 aromatic carbocycles. The zero-order valence-corrected chi connectivity index (χ0v) is 18.1. The molecule has 12 heteroatoms. The van der Waals surface area contributed by atoms with E-state index in [1.807, 2.05) is 0 Å². The minimum atomic E-state index is -3.53. The molecule has 0 saturated carbocycles. The first-order chi connectivity index (χ1) is 14.5. The van der Waals surface area contributed by atoms with E-state index in [9.17, 15) is 18.7 Å². The van der Waals surface area contributed by atoms with Crippen molar-refractivity contribution in [3.05, 3.63) is 39.6 Å². The molecule has 2 aliphatic heterocycles. The molecule has 4 rings (SSSR count). The van der Waals surface area contributed by atoms with Gasteiger partial charge in [0.2, 0.25) is 0 Å². The van der Waals surface area contributed by atoms with E-state index in [0.717, 1.165) is 4.68 Å². The van der Waals surface area contributed by atoms with Crippen LogP contribution in [-0.4, -0.2) is 49.1 Å². The van der Waals surface area contributed by atoms with Gasteiger partial charge in [0.05, 0.1) is 17.9 Å². The highest BCUT2D eigenvalue weighted by Crippen LogP contribution is 2.44. The van der Waals surface area contributed by atoms with Gasteiger partial charge in [0.1, 0.15) is 22.6 Å². The summed E-state index contributed by atoms with van der Waals surface area (Å²) in [7, 11) is 0. The summed E-state index contributed by atoms with van der Waals surface area (Å²) in [4.78, 5) is 17.9. The van der Waals surface area contributed by atoms with Crippen molar-refractivity contribution in [2.45, 2.75) is 56.8 Å². The highest BCUT2D eigenvalue weighted by atomic mass is 79.9. The number of carbonyl (C=O) groups is 1. The monoisotopic (exact) mass is 505 g/mol. The Bertz CT molecular complexity index is 1030. The van der Waals surface area contributed by atoms with E-state index in [4.69, 9.17) is 0 Å². The number of aromatic nitrogens is 3. The number of nitrogens with zero attached hydrogens (tertiary/aromatic N) is 4. The molecule has 0 saturated heterocycles. The van der Waals surface area contributed by atoms with E-state index in [0.29, 0.717) is 5.69 Å². The highest BCUT2D eigenvalue weighted by Gasteiger charge is 2.50. The van der Waals surface area contributed by atoms with Gasteiger partial charge in [0.25, 0.3) is 5.92 Å². The van der Waals surface area contributed by atoms with E-state index in [-0.39, 0.29) is 47.8 Å². The Hall–Kier alpha value is -2.21. The van der Waals surface area contributed by atoms with Crippen LogP contribution in [-0.2, 0) is 25.4 Å². The van der Waals surface area contributed by atoms with E-state index in [2.05, 4.69) is 31.3 Å². The Morgan fingerprint density at radius 1 is 1.45 bits per heavy atom. The van der Waals surface area contributed by atoms with Crippen LogP contribution < -0.4 is 5.32 Å². The summed E-state index contributed by atoms with van der Waals surface area (Å²) < 4.78 is 58.6. The van der Waals surface area contributed by atoms with Crippen molar-refractivity contribution in [3.8, 4) is 0 Å². The van der Waals surface area contributed by atoms with E-state index in [1.165, 1.54) is 17.2 Å². The fraction of sp³-hybridized carbons (Fsp3) is 0.526. The minimum absolute atomic E-state index is 0.0603. The van der Waals surface area contributed by atoms with Gasteiger partial charge in [-0.05, 0) is 35.3 Å². The Labute approximate surface area is 183 Å². The van der Waals surface area contributed by atoms with Gasteiger partial charge in [0, 0.05) is 37.2 Å². The van der Waals surface area contributed by atoms with Gasteiger partial charge >= 0.3 is 6.03 Å². The van der Waals surface area contributed by atoms with Gasteiger partial charge in [-0.25, -0.2) is 18.6 Å². The van der Waals surface area contributed by atoms with Crippen molar-refractivity contribution in [1.82, 2.24) is 19.7 Å². The number of hydrogen-bond donors (Lipinski definition) is 2. The van der Waals surface area contributed by atoms with Crippen molar-refractivity contribution in [2.24, 2.45) is 0 Å². The molecule has 4 heterocycles. The molecule has 0 aliphatic carbocycles. The SMILES string of the molecule is C[C@@H]1Cc2nn3c(c2CN1C(=O)Nc1ccnc(Br)c1F)C(F)(F)C[C@@](O)(CF)CC3. The first-order valence-electron chi connectivity index (χ1n) is 9.67. The van der Waals surface area contributed by atoms with Crippen LogP contribution in [0.1, 0.15) is 36.7 Å². The zero-order chi connectivity index (χ0) is 22.6. The number of nitrogens with one attached hydrogen (secondary N) is 1. The summed E-state index contributed by atoms with van der Waals surface area (Å²) in [6, 6.07) is 0.249. The number of pyridine rings is 1. The maximum atomic E-state index is 15.1. The minimum Gasteiger partial charge on any atom is -0.387 e. The molecule has 2 aliphatic rings. The molecule has 7 nitrogen and oxygen atoms in total. The summed E-state index contributed by atoms with van der Waals surface area (Å²) >= 11 is 2.94. The van der Waals surface area contributed by atoms with Gasteiger partial charge in [-0.3, -0.25) is 4.68 Å². The molecule has 0 radical (unpaired) electrons. The topological polar surface area (TPSA) is 83.3 Å². The van der Waals surface area contributed by atoms with E-state index in [1.54, 1.807) is 6.92 Å².